The molecule has 200 valence electrons. The molecule has 2 amide bonds. The molecule has 4 rings (SSSR count). The van der Waals surface area contributed by atoms with Crippen molar-refractivity contribution >= 4 is 27.6 Å². The van der Waals surface area contributed by atoms with Gasteiger partial charge in [0.05, 0.1) is 12.6 Å². The second-order valence-corrected chi connectivity index (χ2v) is 11.6. The number of pyridine rings is 1. The van der Waals surface area contributed by atoms with E-state index in [4.69, 9.17) is 4.52 Å². The van der Waals surface area contributed by atoms with Crippen LogP contribution in [-0.4, -0.2) is 65.6 Å². The van der Waals surface area contributed by atoms with E-state index in [9.17, 15) is 22.8 Å². The van der Waals surface area contributed by atoms with Crippen molar-refractivity contribution in [1.29, 1.82) is 0 Å². The minimum atomic E-state index is -3.93. The zero-order valence-corrected chi connectivity index (χ0v) is 21.7. The van der Waals surface area contributed by atoms with Gasteiger partial charge in [-0.05, 0) is 44.2 Å². The molecule has 1 saturated carbocycles. The summed E-state index contributed by atoms with van der Waals surface area (Å²) in [5.74, 6) is -0.619. The molecule has 2 aliphatic rings. The predicted octanol–water partition coefficient (Wildman–Crippen LogP) is 1.99. The highest BCUT2D eigenvalue weighted by atomic mass is 32.2. The van der Waals surface area contributed by atoms with Crippen LogP contribution >= 0.6 is 0 Å². The minimum Gasteiger partial charge on any atom is -0.361 e. The number of ketones is 1. The van der Waals surface area contributed by atoms with Gasteiger partial charge in [-0.3, -0.25) is 14.4 Å². The number of aryl methyl sites for hydroxylation is 1. The minimum absolute atomic E-state index is 0.0832. The molecule has 0 bridgehead atoms. The standard InChI is InChI=1S/C25H33N5O6S/c1-17-14-21(29-36-17)25(33)28-20(15-18-8-3-2-4-9-18)24(32)27-19-10-7-13-30(16-22(19)31)37(34,35)23-11-5-6-12-26-23/h5-6,11-12,14,18-20H,2-4,7-10,13,15-16H2,1H3,(H,27,32)(H,28,33)/t19?,20-/m0/s1. The summed E-state index contributed by atoms with van der Waals surface area (Å²) in [6.45, 7) is 1.46. The van der Waals surface area contributed by atoms with E-state index < -0.39 is 39.7 Å². The fourth-order valence-corrected chi connectivity index (χ4v) is 6.33. The van der Waals surface area contributed by atoms with Gasteiger partial charge in [0.15, 0.2) is 16.5 Å². The smallest absolute Gasteiger partial charge is 0.274 e. The molecule has 2 atom stereocenters. The number of aromatic nitrogens is 2. The fraction of sp³-hybridized carbons (Fsp3) is 0.560. The lowest BCUT2D eigenvalue weighted by Gasteiger charge is -2.27. The van der Waals surface area contributed by atoms with E-state index in [0.29, 0.717) is 25.0 Å². The van der Waals surface area contributed by atoms with E-state index in [1.807, 2.05) is 0 Å². The topological polar surface area (TPSA) is 152 Å². The quantitative estimate of drug-likeness (QED) is 0.525. The molecule has 1 aliphatic heterocycles. The Hall–Kier alpha value is -3.12. The average Bonchev–Trinajstić information content (AvgIpc) is 3.25. The normalized spacial score (nSPS) is 20.7. The summed E-state index contributed by atoms with van der Waals surface area (Å²) in [4.78, 5) is 43.1. The summed E-state index contributed by atoms with van der Waals surface area (Å²) in [7, 11) is -3.93. The summed E-state index contributed by atoms with van der Waals surface area (Å²) >= 11 is 0. The number of nitrogens with one attached hydrogen (secondary N) is 2. The number of sulfonamides is 1. The Bertz CT molecular complexity index is 1210. The van der Waals surface area contributed by atoms with E-state index in [-0.39, 0.29) is 29.7 Å². The lowest BCUT2D eigenvalue weighted by atomic mass is 9.84. The first-order valence-corrected chi connectivity index (χ1v) is 14.2. The van der Waals surface area contributed by atoms with Crippen LogP contribution in [0.25, 0.3) is 0 Å². The highest BCUT2D eigenvalue weighted by molar-refractivity contribution is 7.89. The second-order valence-electron chi connectivity index (χ2n) is 9.76. The molecular weight excluding hydrogens is 498 g/mol. The maximum absolute atomic E-state index is 13.4. The summed E-state index contributed by atoms with van der Waals surface area (Å²) in [5.41, 5.74) is 0.0832. The van der Waals surface area contributed by atoms with Crippen LogP contribution < -0.4 is 10.6 Å². The fourth-order valence-electron chi connectivity index (χ4n) is 4.95. The molecule has 2 aromatic rings. The van der Waals surface area contributed by atoms with Crippen molar-refractivity contribution in [3.8, 4) is 0 Å². The first-order valence-electron chi connectivity index (χ1n) is 12.7. The zero-order chi connectivity index (χ0) is 26.4. The number of Topliss-reactive ketones (excluding diaryl/α,β-unsaturated/α-hetero) is 1. The van der Waals surface area contributed by atoms with Crippen molar-refractivity contribution in [3.05, 3.63) is 41.9 Å². The summed E-state index contributed by atoms with van der Waals surface area (Å²) in [5, 5.41) is 9.17. The van der Waals surface area contributed by atoms with Gasteiger partial charge in [-0.1, -0.05) is 43.3 Å². The summed E-state index contributed by atoms with van der Waals surface area (Å²) in [6, 6.07) is 4.37. The Kier molecular flexibility index (Phi) is 8.70. The maximum Gasteiger partial charge on any atom is 0.274 e. The second kappa shape index (κ2) is 12.0. The first kappa shape index (κ1) is 26.9. The van der Waals surface area contributed by atoms with E-state index in [0.717, 1.165) is 36.4 Å². The number of rotatable bonds is 8. The molecule has 0 radical (unpaired) electrons. The number of carbonyl (C=O) groups excluding carboxylic acids is 3. The first-order chi connectivity index (χ1) is 17.7. The highest BCUT2D eigenvalue weighted by Crippen LogP contribution is 2.28. The predicted molar refractivity (Wildman–Crippen MR) is 133 cm³/mol. The van der Waals surface area contributed by atoms with Gasteiger partial charge in [-0.2, -0.15) is 4.31 Å². The van der Waals surface area contributed by atoms with Crippen LogP contribution in [0.3, 0.4) is 0 Å². The molecule has 2 aromatic heterocycles. The van der Waals surface area contributed by atoms with Gasteiger partial charge < -0.3 is 15.2 Å². The Morgan fingerprint density at radius 2 is 1.95 bits per heavy atom. The van der Waals surface area contributed by atoms with E-state index >= 15 is 0 Å². The average molecular weight is 532 g/mol. The van der Waals surface area contributed by atoms with E-state index in [1.54, 1.807) is 19.1 Å². The summed E-state index contributed by atoms with van der Waals surface area (Å²) < 4.78 is 32.0. The monoisotopic (exact) mass is 531 g/mol. The largest absolute Gasteiger partial charge is 0.361 e. The molecule has 0 aromatic carbocycles. The third-order valence-electron chi connectivity index (χ3n) is 6.96. The van der Waals surface area contributed by atoms with Gasteiger partial charge >= 0.3 is 0 Å². The number of hydrogen-bond donors (Lipinski definition) is 2. The molecule has 1 unspecified atom stereocenters. The van der Waals surface area contributed by atoms with Crippen LogP contribution in [0.4, 0.5) is 0 Å². The van der Waals surface area contributed by atoms with Gasteiger partial charge in [-0.25, -0.2) is 13.4 Å². The van der Waals surface area contributed by atoms with Crippen LogP contribution in [0, 0.1) is 12.8 Å². The van der Waals surface area contributed by atoms with E-state index in [2.05, 4.69) is 20.8 Å². The third-order valence-corrected chi connectivity index (χ3v) is 8.72. The van der Waals surface area contributed by atoms with Crippen molar-refractivity contribution in [3.63, 3.8) is 0 Å². The summed E-state index contributed by atoms with van der Waals surface area (Å²) in [6.07, 6.45) is 7.80. The molecule has 37 heavy (non-hydrogen) atoms. The molecule has 3 heterocycles. The highest BCUT2D eigenvalue weighted by Gasteiger charge is 2.35. The maximum atomic E-state index is 13.4. The van der Waals surface area contributed by atoms with Crippen molar-refractivity contribution in [2.24, 2.45) is 5.92 Å². The van der Waals surface area contributed by atoms with Crippen molar-refractivity contribution in [2.45, 2.75) is 75.4 Å². The molecule has 0 spiro atoms. The van der Waals surface area contributed by atoms with Crippen molar-refractivity contribution in [1.82, 2.24) is 25.1 Å². The van der Waals surface area contributed by atoms with Crippen LogP contribution in [0.15, 0.2) is 40.0 Å². The third kappa shape index (κ3) is 6.80. The number of amides is 2. The van der Waals surface area contributed by atoms with Crippen LogP contribution in [0.2, 0.25) is 0 Å². The lowest BCUT2D eigenvalue weighted by molar-refractivity contribution is -0.129. The van der Waals surface area contributed by atoms with Gasteiger partial charge in [-0.15, -0.1) is 0 Å². The number of hydrogen-bond acceptors (Lipinski definition) is 8. The molecular formula is C25H33N5O6S. The van der Waals surface area contributed by atoms with Crippen LogP contribution in [0.1, 0.15) is 67.6 Å². The van der Waals surface area contributed by atoms with Gasteiger partial charge in [0.1, 0.15) is 11.8 Å². The lowest BCUT2D eigenvalue weighted by Crippen LogP contribution is -2.53. The molecule has 11 nitrogen and oxygen atoms in total. The van der Waals surface area contributed by atoms with Crippen molar-refractivity contribution in [2.75, 3.05) is 13.1 Å². The van der Waals surface area contributed by atoms with Gasteiger partial charge in [0.2, 0.25) is 5.91 Å². The van der Waals surface area contributed by atoms with Crippen LogP contribution in [0.5, 0.6) is 0 Å². The Labute approximate surface area is 216 Å². The van der Waals surface area contributed by atoms with Crippen LogP contribution in [-0.2, 0) is 19.6 Å². The molecule has 2 N–H and O–H groups in total. The van der Waals surface area contributed by atoms with Gasteiger partial charge in [0.25, 0.3) is 15.9 Å². The Morgan fingerprint density at radius 1 is 1.16 bits per heavy atom. The number of nitrogens with zero attached hydrogens (tertiary/aromatic N) is 3. The van der Waals surface area contributed by atoms with E-state index in [1.165, 1.54) is 18.3 Å². The molecule has 1 saturated heterocycles. The Morgan fingerprint density at radius 3 is 2.62 bits per heavy atom. The Balaban J connectivity index is 1.44. The molecule has 1 aliphatic carbocycles. The number of carbonyl (C=O) groups is 3. The molecule has 2 fully saturated rings. The molecule has 12 heteroatoms. The zero-order valence-electron chi connectivity index (χ0n) is 20.9. The van der Waals surface area contributed by atoms with Crippen molar-refractivity contribution < 1.29 is 27.3 Å². The SMILES string of the molecule is Cc1cc(C(=O)N[C@@H](CC2CCCCC2)C(=O)NC2CCCN(S(=O)(=O)c3ccccn3)CC2=O)no1. The van der Waals surface area contributed by atoms with Gasteiger partial charge in [0, 0.05) is 18.8 Å².